The second-order valence-electron chi connectivity index (χ2n) is 4.44. The maximum Gasteiger partial charge on any atom is 0.0964 e. The second-order valence-corrected chi connectivity index (χ2v) is 4.44. The first-order valence-corrected chi connectivity index (χ1v) is 6.67. The summed E-state index contributed by atoms with van der Waals surface area (Å²) >= 11 is 0. The molecule has 1 aliphatic rings. The fourth-order valence-electron chi connectivity index (χ4n) is 1.94. The highest BCUT2D eigenvalue weighted by atomic mass is 16.5. The number of hydrogen-bond acceptors (Lipinski definition) is 5. The Kier molecular flexibility index (Phi) is 5.57. The van der Waals surface area contributed by atoms with E-state index >= 15 is 0 Å². The first kappa shape index (κ1) is 13.5. The molecule has 0 aliphatic carbocycles. The number of rotatable bonds is 7. The molecule has 1 aliphatic heterocycles. The van der Waals surface area contributed by atoms with Crippen molar-refractivity contribution in [1.82, 2.24) is 20.3 Å². The molecule has 0 spiro atoms. The lowest BCUT2D eigenvalue weighted by Crippen LogP contribution is -2.24. The van der Waals surface area contributed by atoms with E-state index in [4.69, 9.17) is 9.47 Å². The van der Waals surface area contributed by atoms with Gasteiger partial charge in [0.15, 0.2) is 0 Å². The summed E-state index contributed by atoms with van der Waals surface area (Å²) in [5.41, 5.74) is 0.975. The van der Waals surface area contributed by atoms with Crippen LogP contribution in [0.25, 0.3) is 0 Å². The SMILES string of the molecule is CCNCc1cn(CCOC2CCOCC2)nn1. The summed E-state index contributed by atoms with van der Waals surface area (Å²) in [6.07, 6.45) is 4.32. The van der Waals surface area contributed by atoms with Crippen molar-refractivity contribution in [2.24, 2.45) is 0 Å². The molecule has 1 aromatic rings. The van der Waals surface area contributed by atoms with Crippen LogP contribution in [-0.2, 0) is 22.6 Å². The van der Waals surface area contributed by atoms with E-state index in [2.05, 4.69) is 22.6 Å². The topological polar surface area (TPSA) is 61.2 Å². The van der Waals surface area contributed by atoms with Gasteiger partial charge in [-0.1, -0.05) is 12.1 Å². The molecule has 6 nitrogen and oxygen atoms in total. The molecule has 0 radical (unpaired) electrons. The summed E-state index contributed by atoms with van der Waals surface area (Å²) in [6.45, 7) is 6.88. The standard InChI is InChI=1S/C12H22N4O2/c1-2-13-9-11-10-16(15-14-11)5-8-18-12-3-6-17-7-4-12/h10,12-13H,2-9H2,1H3. The summed E-state index contributed by atoms with van der Waals surface area (Å²) in [4.78, 5) is 0. The van der Waals surface area contributed by atoms with E-state index in [0.717, 1.165) is 51.4 Å². The van der Waals surface area contributed by atoms with Gasteiger partial charge in [0.1, 0.15) is 0 Å². The highest BCUT2D eigenvalue weighted by molar-refractivity contribution is 4.91. The van der Waals surface area contributed by atoms with Gasteiger partial charge in [-0.15, -0.1) is 5.10 Å². The maximum atomic E-state index is 5.79. The molecular weight excluding hydrogens is 232 g/mol. The molecule has 1 aromatic heterocycles. The summed E-state index contributed by atoms with van der Waals surface area (Å²) in [6, 6.07) is 0. The van der Waals surface area contributed by atoms with Gasteiger partial charge < -0.3 is 14.8 Å². The van der Waals surface area contributed by atoms with Gasteiger partial charge in [0.2, 0.25) is 0 Å². The Labute approximate surface area is 108 Å². The van der Waals surface area contributed by atoms with E-state index in [9.17, 15) is 0 Å². The molecule has 0 aromatic carbocycles. The molecule has 1 saturated heterocycles. The van der Waals surface area contributed by atoms with E-state index < -0.39 is 0 Å². The minimum absolute atomic E-state index is 0.350. The molecule has 6 heteroatoms. The Morgan fingerprint density at radius 2 is 2.33 bits per heavy atom. The molecule has 18 heavy (non-hydrogen) atoms. The van der Waals surface area contributed by atoms with Crippen molar-refractivity contribution in [2.45, 2.75) is 39.0 Å². The predicted molar refractivity (Wildman–Crippen MR) is 67.2 cm³/mol. The molecule has 1 fully saturated rings. The zero-order valence-corrected chi connectivity index (χ0v) is 11.0. The highest BCUT2D eigenvalue weighted by Gasteiger charge is 2.13. The Hall–Kier alpha value is -0.980. The van der Waals surface area contributed by atoms with Crippen LogP contribution in [-0.4, -0.2) is 47.5 Å². The lowest BCUT2D eigenvalue weighted by atomic mass is 10.2. The molecule has 0 atom stereocenters. The minimum atomic E-state index is 0.350. The number of ether oxygens (including phenoxy) is 2. The molecule has 0 saturated carbocycles. The van der Waals surface area contributed by atoms with Gasteiger partial charge in [-0.25, -0.2) is 4.68 Å². The average Bonchev–Trinajstić information content (AvgIpc) is 2.85. The maximum absolute atomic E-state index is 5.79. The molecule has 0 amide bonds. The van der Waals surface area contributed by atoms with Crippen molar-refractivity contribution in [3.05, 3.63) is 11.9 Å². The van der Waals surface area contributed by atoms with Crippen LogP contribution < -0.4 is 5.32 Å². The number of nitrogens with one attached hydrogen (secondary N) is 1. The van der Waals surface area contributed by atoms with E-state index in [0.29, 0.717) is 12.7 Å². The Bertz CT molecular complexity index is 337. The molecule has 102 valence electrons. The second kappa shape index (κ2) is 7.45. The third-order valence-corrected chi connectivity index (χ3v) is 2.98. The van der Waals surface area contributed by atoms with Crippen LogP contribution in [0.2, 0.25) is 0 Å². The quantitative estimate of drug-likeness (QED) is 0.771. The van der Waals surface area contributed by atoms with Gasteiger partial charge in [-0.2, -0.15) is 0 Å². The van der Waals surface area contributed by atoms with Gasteiger partial charge in [-0.05, 0) is 19.4 Å². The smallest absolute Gasteiger partial charge is 0.0964 e. The Morgan fingerprint density at radius 1 is 1.50 bits per heavy atom. The van der Waals surface area contributed by atoms with Crippen LogP contribution in [0.5, 0.6) is 0 Å². The van der Waals surface area contributed by atoms with Crippen LogP contribution in [0.15, 0.2) is 6.20 Å². The number of nitrogens with zero attached hydrogens (tertiary/aromatic N) is 3. The van der Waals surface area contributed by atoms with Crippen molar-refractivity contribution in [1.29, 1.82) is 0 Å². The van der Waals surface area contributed by atoms with Crippen molar-refractivity contribution in [2.75, 3.05) is 26.4 Å². The van der Waals surface area contributed by atoms with Crippen molar-refractivity contribution in [3.63, 3.8) is 0 Å². The fourth-order valence-corrected chi connectivity index (χ4v) is 1.94. The lowest BCUT2D eigenvalue weighted by Gasteiger charge is -2.22. The first-order valence-electron chi connectivity index (χ1n) is 6.67. The normalized spacial score (nSPS) is 17.2. The summed E-state index contributed by atoms with van der Waals surface area (Å²) < 4.78 is 12.9. The van der Waals surface area contributed by atoms with E-state index in [1.165, 1.54) is 0 Å². The zero-order valence-electron chi connectivity index (χ0n) is 11.0. The van der Waals surface area contributed by atoms with Gasteiger partial charge in [0.05, 0.1) is 24.9 Å². The molecule has 1 N–H and O–H groups in total. The minimum Gasteiger partial charge on any atom is -0.381 e. The summed E-state index contributed by atoms with van der Waals surface area (Å²) in [5, 5.41) is 11.4. The average molecular weight is 254 g/mol. The van der Waals surface area contributed by atoms with Gasteiger partial charge in [0.25, 0.3) is 0 Å². The van der Waals surface area contributed by atoms with Gasteiger partial charge in [0, 0.05) is 26.0 Å². The fraction of sp³-hybridized carbons (Fsp3) is 0.833. The third kappa shape index (κ3) is 4.36. The van der Waals surface area contributed by atoms with Crippen molar-refractivity contribution in [3.8, 4) is 0 Å². The van der Waals surface area contributed by atoms with E-state index in [-0.39, 0.29) is 0 Å². The molecule has 2 rings (SSSR count). The number of hydrogen-bond donors (Lipinski definition) is 1. The lowest BCUT2D eigenvalue weighted by molar-refractivity contribution is -0.0345. The number of aromatic nitrogens is 3. The summed E-state index contributed by atoms with van der Waals surface area (Å²) in [5.74, 6) is 0. The summed E-state index contributed by atoms with van der Waals surface area (Å²) in [7, 11) is 0. The van der Waals surface area contributed by atoms with Crippen LogP contribution >= 0.6 is 0 Å². The Balaban J connectivity index is 1.64. The molecule has 0 unspecified atom stereocenters. The zero-order chi connectivity index (χ0) is 12.6. The third-order valence-electron chi connectivity index (χ3n) is 2.98. The monoisotopic (exact) mass is 254 g/mol. The molecular formula is C12H22N4O2. The highest BCUT2D eigenvalue weighted by Crippen LogP contribution is 2.10. The van der Waals surface area contributed by atoms with Crippen LogP contribution in [0.1, 0.15) is 25.5 Å². The van der Waals surface area contributed by atoms with Crippen LogP contribution in [0, 0.1) is 0 Å². The molecule has 0 bridgehead atoms. The Morgan fingerprint density at radius 3 is 3.11 bits per heavy atom. The van der Waals surface area contributed by atoms with Crippen molar-refractivity contribution >= 4 is 0 Å². The van der Waals surface area contributed by atoms with E-state index in [1.54, 1.807) is 0 Å². The predicted octanol–water partition coefficient (Wildman–Crippen LogP) is 0.583. The van der Waals surface area contributed by atoms with Gasteiger partial charge >= 0.3 is 0 Å². The largest absolute Gasteiger partial charge is 0.381 e. The molecule has 2 heterocycles. The van der Waals surface area contributed by atoms with E-state index in [1.807, 2.05) is 10.9 Å². The first-order chi connectivity index (χ1) is 8.88. The van der Waals surface area contributed by atoms with Gasteiger partial charge in [-0.3, -0.25) is 0 Å². The van der Waals surface area contributed by atoms with Crippen molar-refractivity contribution < 1.29 is 9.47 Å². The van der Waals surface area contributed by atoms with Crippen LogP contribution in [0.4, 0.5) is 0 Å². The van der Waals surface area contributed by atoms with Crippen LogP contribution in [0.3, 0.4) is 0 Å².